The molecule has 1 fully saturated rings. The Hall–Kier alpha value is -1.88. The molecule has 4 heteroatoms. The molecule has 0 radical (unpaired) electrons. The van der Waals surface area contributed by atoms with Gasteiger partial charge in [-0.1, -0.05) is 37.3 Å². The van der Waals surface area contributed by atoms with Crippen molar-refractivity contribution in [3.8, 4) is 16.9 Å². The molecule has 25 heavy (non-hydrogen) atoms. The fourth-order valence-electron chi connectivity index (χ4n) is 3.68. The number of rotatable bonds is 6. The molecule has 1 saturated heterocycles. The van der Waals surface area contributed by atoms with Gasteiger partial charge in [0.25, 0.3) is 0 Å². The Morgan fingerprint density at radius 3 is 2.36 bits per heavy atom. The Morgan fingerprint density at radius 1 is 1.08 bits per heavy atom. The molecule has 0 aliphatic carbocycles. The molecule has 3 rings (SSSR count). The van der Waals surface area contributed by atoms with Crippen molar-refractivity contribution >= 4 is 0 Å². The lowest BCUT2D eigenvalue weighted by Crippen LogP contribution is -2.45. The van der Waals surface area contributed by atoms with Gasteiger partial charge in [0.05, 0.1) is 13.7 Å². The van der Waals surface area contributed by atoms with Gasteiger partial charge in [-0.2, -0.15) is 0 Å². The highest BCUT2D eigenvalue weighted by molar-refractivity contribution is 5.66. The van der Waals surface area contributed by atoms with Crippen LogP contribution in [0.2, 0.25) is 0 Å². The topological polar surface area (TPSA) is 44.7 Å². The zero-order valence-corrected chi connectivity index (χ0v) is 15.2. The third-order valence-electron chi connectivity index (χ3n) is 5.06. The third-order valence-corrected chi connectivity index (χ3v) is 5.06. The van der Waals surface area contributed by atoms with Crippen LogP contribution in [0.1, 0.15) is 30.5 Å². The maximum Gasteiger partial charge on any atom is 0.124 e. The van der Waals surface area contributed by atoms with E-state index in [0.717, 1.165) is 55.0 Å². The summed E-state index contributed by atoms with van der Waals surface area (Å²) in [6, 6.07) is 15.3. The number of nitrogens with one attached hydrogen (secondary N) is 1. The molecule has 1 unspecified atom stereocenters. The number of nitrogens with zero attached hydrogens (tertiary/aromatic N) is 1. The molecule has 0 saturated carbocycles. The summed E-state index contributed by atoms with van der Waals surface area (Å²) in [7, 11) is 1.63. The van der Waals surface area contributed by atoms with Crippen molar-refractivity contribution < 1.29 is 9.84 Å². The molecule has 1 aliphatic rings. The van der Waals surface area contributed by atoms with Crippen molar-refractivity contribution in [3.05, 3.63) is 53.6 Å². The molecule has 0 spiro atoms. The second-order valence-electron chi connectivity index (χ2n) is 6.52. The molecule has 1 heterocycles. The molecule has 134 valence electrons. The first-order chi connectivity index (χ1) is 12.3. The van der Waals surface area contributed by atoms with E-state index in [1.54, 1.807) is 7.11 Å². The molecule has 0 amide bonds. The Balaban J connectivity index is 1.81. The minimum atomic E-state index is -0.0179. The summed E-state index contributed by atoms with van der Waals surface area (Å²) in [5.41, 5.74) is 4.46. The molecule has 0 bridgehead atoms. The van der Waals surface area contributed by atoms with Gasteiger partial charge < -0.3 is 15.2 Å². The summed E-state index contributed by atoms with van der Waals surface area (Å²) >= 11 is 0. The van der Waals surface area contributed by atoms with Crippen LogP contribution in [0.25, 0.3) is 11.1 Å². The number of ether oxygens (including phenoxy) is 1. The maximum absolute atomic E-state index is 9.52. The van der Waals surface area contributed by atoms with Crippen LogP contribution in [0.15, 0.2) is 42.5 Å². The van der Waals surface area contributed by atoms with Crippen molar-refractivity contribution in [3.63, 3.8) is 0 Å². The van der Waals surface area contributed by atoms with E-state index in [0.29, 0.717) is 6.04 Å². The fourth-order valence-corrected chi connectivity index (χ4v) is 3.68. The van der Waals surface area contributed by atoms with Crippen LogP contribution < -0.4 is 10.1 Å². The van der Waals surface area contributed by atoms with E-state index in [4.69, 9.17) is 4.74 Å². The molecular weight excluding hydrogens is 312 g/mol. The van der Waals surface area contributed by atoms with Crippen LogP contribution in [-0.2, 0) is 6.61 Å². The van der Waals surface area contributed by atoms with Crippen molar-refractivity contribution in [2.45, 2.75) is 26.0 Å². The number of methoxy groups -OCH3 is 1. The quantitative estimate of drug-likeness (QED) is 0.848. The summed E-state index contributed by atoms with van der Waals surface area (Å²) in [5.74, 6) is 0.729. The number of aliphatic hydroxyl groups is 1. The highest BCUT2D eigenvalue weighted by Gasteiger charge is 2.20. The van der Waals surface area contributed by atoms with E-state index < -0.39 is 0 Å². The molecule has 1 aliphatic heterocycles. The van der Waals surface area contributed by atoms with Gasteiger partial charge in [0.2, 0.25) is 0 Å². The van der Waals surface area contributed by atoms with E-state index in [2.05, 4.69) is 41.4 Å². The van der Waals surface area contributed by atoms with Gasteiger partial charge in [0.1, 0.15) is 5.75 Å². The lowest BCUT2D eigenvalue weighted by Gasteiger charge is -2.34. The maximum atomic E-state index is 9.52. The van der Waals surface area contributed by atoms with Gasteiger partial charge in [-0.05, 0) is 35.2 Å². The van der Waals surface area contributed by atoms with Gasteiger partial charge in [0.15, 0.2) is 0 Å². The highest BCUT2D eigenvalue weighted by atomic mass is 16.5. The lowest BCUT2D eigenvalue weighted by molar-refractivity contribution is 0.169. The Bertz CT molecular complexity index is 679. The average molecular weight is 340 g/mol. The van der Waals surface area contributed by atoms with Crippen LogP contribution in [0.5, 0.6) is 5.75 Å². The fraction of sp³-hybridized carbons (Fsp3) is 0.429. The molecule has 2 aromatic carbocycles. The van der Waals surface area contributed by atoms with Gasteiger partial charge in [-0.3, -0.25) is 4.90 Å². The van der Waals surface area contributed by atoms with Gasteiger partial charge in [0, 0.05) is 37.8 Å². The Labute approximate surface area is 150 Å². The van der Waals surface area contributed by atoms with Crippen molar-refractivity contribution in [2.24, 2.45) is 0 Å². The predicted octanol–water partition coefficient (Wildman–Crippen LogP) is 3.21. The molecular formula is C21H28N2O2. The summed E-state index contributed by atoms with van der Waals surface area (Å²) in [5, 5.41) is 12.9. The van der Waals surface area contributed by atoms with Crippen LogP contribution in [0.3, 0.4) is 0 Å². The minimum Gasteiger partial charge on any atom is -0.496 e. The summed E-state index contributed by atoms with van der Waals surface area (Å²) in [6.07, 6.45) is 1.12. The van der Waals surface area contributed by atoms with Gasteiger partial charge >= 0.3 is 0 Å². The van der Waals surface area contributed by atoms with E-state index in [9.17, 15) is 5.11 Å². The Morgan fingerprint density at radius 2 is 1.76 bits per heavy atom. The second-order valence-corrected chi connectivity index (χ2v) is 6.52. The highest BCUT2D eigenvalue weighted by Crippen LogP contribution is 2.30. The smallest absolute Gasteiger partial charge is 0.124 e. The SMILES string of the molecule is CCC(c1ccc(-c2ccc(OC)c(CO)c2)cc1)N1CCNCC1. The third kappa shape index (κ3) is 4.03. The van der Waals surface area contributed by atoms with Gasteiger partial charge in [-0.15, -0.1) is 0 Å². The van der Waals surface area contributed by atoms with E-state index in [1.165, 1.54) is 5.56 Å². The van der Waals surface area contributed by atoms with Crippen molar-refractivity contribution in [2.75, 3.05) is 33.3 Å². The zero-order chi connectivity index (χ0) is 17.6. The lowest BCUT2D eigenvalue weighted by atomic mass is 9.97. The molecule has 1 atom stereocenters. The van der Waals surface area contributed by atoms with Gasteiger partial charge in [-0.25, -0.2) is 0 Å². The largest absolute Gasteiger partial charge is 0.496 e. The molecule has 2 N–H and O–H groups in total. The van der Waals surface area contributed by atoms with E-state index >= 15 is 0 Å². The normalized spacial score (nSPS) is 16.6. The predicted molar refractivity (Wildman–Crippen MR) is 102 cm³/mol. The van der Waals surface area contributed by atoms with Crippen LogP contribution in [0, 0.1) is 0 Å². The van der Waals surface area contributed by atoms with Crippen LogP contribution in [0.4, 0.5) is 0 Å². The number of aliphatic hydroxyl groups excluding tert-OH is 1. The van der Waals surface area contributed by atoms with Crippen molar-refractivity contribution in [1.82, 2.24) is 10.2 Å². The first-order valence-electron chi connectivity index (χ1n) is 9.09. The Kier molecular flexibility index (Phi) is 6.08. The van der Waals surface area contributed by atoms with Crippen LogP contribution in [-0.4, -0.2) is 43.3 Å². The number of piperazine rings is 1. The molecule has 2 aromatic rings. The summed E-state index contributed by atoms with van der Waals surface area (Å²) < 4.78 is 5.29. The summed E-state index contributed by atoms with van der Waals surface area (Å²) in [6.45, 7) is 6.61. The van der Waals surface area contributed by atoms with Crippen LogP contribution >= 0.6 is 0 Å². The van der Waals surface area contributed by atoms with E-state index in [1.807, 2.05) is 18.2 Å². The summed E-state index contributed by atoms with van der Waals surface area (Å²) in [4.78, 5) is 2.57. The molecule has 0 aromatic heterocycles. The standard InChI is InChI=1S/C21H28N2O2/c1-3-20(23-12-10-22-11-13-23)17-6-4-16(5-7-17)18-8-9-21(25-2)19(14-18)15-24/h4-9,14,20,22,24H,3,10-13,15H2,1-2H3. The number of hydrogen-bond acceptors (Lipinski definition) is 4. The average Bonchev–Trinajstić information content (AvgIpc) is 2.69. The first-order valence-corrected chi connectivity index (χ1v) is 9.09. The van der Waals surface area contributed by atoms with Crippen molar-refractivity contribution in [1.29, 1.82) is 0 Å². The number of benzene rings is 2. The zero-order valence-electron chi connectivity index (χ0n) is 15.2. The monoisotopic (exact) mass is 340 g/mol. The second kappa shape index (κ2) is 8.48. The first kappa shape index (κ1) is 17.9. The minimum absolute atomic E-state index is 0.0179. The van der Waals surface area contributed by atoms with E-state index in [-0.39, 0.29) is 6.61 Å². The molecule has 4 nitrogen and oxygen atoms in total. The number of hydrogen-bond donors (Lipinski definition) is 2.